The molecule has 0 aromatic heterocycles. The number of amidine groups is 1. The van der Waals surface area contributed by atoms with Crippen molar-refractivity contribution in [2.24, 2.45) is 16.3 Å². The fraction of sp³-hybridized carbons (Fsp3) is 0.615. The standard InChI is InChI=1S/C26H38N4O4/c1-20(18-23(31)30(19-27)22-12-8-9-13-22)26(2,3)14-15-28-24(21-10-6-5-7-11-21)29-25(32)34-17-16-33-4/h5-7,10-11,20,22H,8-9,12-18H2,1-4H3,(H,28,29,32). The van der Waals surface area contributed by atoms with Crippen LogP contribution in [0.3, 0.4) is 0 Å². The van der Waals surface area contributed by atoms with Crippen molar-refractivity contribution in [3.8, 4) is 6.19 Å². The van der Waals surface area contributed by atoms with Crippen molar-refractivity contribution in [1.82, 2.24) is 10.2 Å². The van der Waals surface area contributed by atoms with Gasteiger partial charge >= 0.3 is 6.09 Å². The molecule has 1 unspecified atom stereocenters. The number of nitriles is 1. The van der Waals surface area contributed by atoms with Crippen molar-refractivity contribution in [2.45, 2.75) is 65.3 Å². The van der Waals surface area contributed by atoms with Crippen LogP contribution in [0.2, 0.25) is 0 Å². The first-order valence-corrected chi connectivity index (χ1v) is 12.0. The van der Waals surface area contributed by atoms with E-state index in [1.807, 2.05) is 30.3 Å². The highest BCUT2D eigenvalue weighted by atomic mass is 16.6. The Morgan fingerprint density at radius 1 is 1.24 bits per heavy atom. The number of ether oxygens (including phenoxy) is 2. The minimum atomic E-state index is -0.582. The van der Waals surface area contributed by atoms with Crippen molar-refractivity contribution in [2.75, 3.05) is 26.9 Å². The largest absolute Gasteiger partial charge is 0.447 e. The van der Waals surface area contributed by atoms with E-state index in [0.29, 0.717) is 31.8 Å². The van der Waals surface area contributed by atoms with Crippen LogP contribution in [0.5, 0.6) is 0 Å². The number of benzene rings is 1. The number of carbonyl (C=O) groups excluding carboxylic acids is 2. The lowest BCUT2D eigenvalue weighted by molar-refractivity contribution is -0.131. The molecule has 1 aliphatic carbocycles. The highest BCUT2D eigenvalue weighted by Gasteiger charge is 2.32. The van der Waals surface area contributed by atoms with Crippen LogP contribution in [0, 0.1) is 22.8 Å². The molecule has 186 valence electrons. The summed E-state index contributed by atoms with van der Waals surface area (Å²) in [5, 5.41) is 12.2. The summed E-state index contributed by atoms with van der Waals surface area (Å²) in [7, 11) is 1.54. The molecule has 1 N–H and O–H groups in total. The van der Waals surface area contributed by atoms with Crippen molar-refractivity contribution >= 4 is 17.8 Å². The van der Waals surface area contributed by atoms with Gasteiger partial charge in [-0.1, -0.05) is 63.9 Å². The maximum Gasteiger partial charge on any atom is 0.412 e. The Kier molecular flexibility index (Phi) is 11.0. The number of alkyl carbamates (subject to hydrolysis) is 1. The summed E-state index contributed by atoms with van der Waals surface area (Å²) >= 11 is 0. The van der Waals surface area contributed by atoms with E-state index >= 15 is 0 Å². The Balaban J connectivity index is 1.99. The van der Waals surface area contributed by atoms with E-state index in [1.54, 1.807) is 7.11 Å². The number of carbonyl (C=O) groups is 2. The van der Waals surface area contributed by atoms with E-state index in [2.05, 4.69) is 37.3 Å². The Hall–Kier alpha value is -2.92. The van der Waals surface area contributed by atoms with Gasteiger partial charge in [-0.25, -0.2) is 9.69 Å². The summed E-state index contributed by atoms with van der Waals surface area (Å²) in [5.41, 5.74) is 0.602. The predicted molar refractivity (Wildman–Crippen MR) is 131 cm³/mol. The van der Waals surface area contributed by atoms with Gasteiger partial charge in [-0.05, 0) is 30.6 Å². The number of hydrogen-bond acceptors (Lipinski definition) is 6. The first-order valence-electron chi connectivity index (χ1n) is 12.0. The summed E-state index contributed by atoms with van der Waals surface area (Å²) in [6.45, 7) is 7.22. The highest BCUT2D eigenvalue weighted by molar-refractivity contribution is 6.06. The Bertz CT molecular complexity index is 857. The molecule has 0 heterocycles. The smallest absolute Gasteiger partial charge is 0.412 e. The molecule has 8 nitrogen and oxygen atoms in total. The molecular weight excluding hydrogens is 432 g/mol. The minimum absolute atomic E-state index is 0.0561. The Morgan fingerprint density at radius 2 is 1.91 bits per heavy atom. The number of aliphatic imine (C=N–C) groups is 1. The second kappa shape index (κ2) is 13.7. The Labute approximate surface area is 203 Å². The van der Waals surface area contributed by atoms with Crippen LogP contribution in [0.4, 0.5) is 4.79 Å². The lowest BCUT2D eigenvalue weighted by atomic mass is 9.75. The fourth-order valence-corrected chi connectivity index (χ4v) is 3.99. The van der Waals surface area contributed by atoms with Crippen LogP contribution in [-0.2, 0) is 14.3 Å². The molecule has 1 aromatic carbocycles. The monoisotopic (exact) mass is 470 g/mol. The van der Waals surface area contributed by atoms with Crippen LogP contribution >= 0.6 is 0 Å². The SMILES string of the molecule is COCCOC(=O)NC(=NCCC(C)(C)C(C)CC(=O)N(C#N)C1CCCC1)c1ccccc1. The van der Waals surface area contributed by atoms with Gasteiger partial charge in [0.05, 0.1) is 6.61 Å². The summed E-state index contributed by atoms with van der Waals surface area (Å²) in [4.78, 5) is 31.0. The molecule has 2 rings (SSSR count). The number of nitrogens with zero attached hydrogens (tertiary/aromatic N) is 3. The van der Waals surface area contributed by atoms with E-state index in [4.69, 9.17) is 9.47 Å². The predicted octanol–water partition coefficient (Wildman–Crippen LogP) is 4.50. The summed E-state index contributed by atoms with van der Waals surface area (Å²) in [6, 6.07) is 9.47. The van der Waals surface area contributed by atoms with Crippen molar-refractivity contribution < 1.29 is 19.1 Å². The van der Waals surface area contributed by atoms with Gasteiger partial charge in [0.25, 0.3) is 0 Å². The molecule has 0 bridgehead atoms. The molecule has 8 heteroatoms. The Morgan fingerprint density at radius 3 is 2.53 bits per heavy atom. The van der Waals surface area contributed by atoms with Crippen LogP contribution in [0.1, 0.15) is 64.9 Å². The third-order valence-corrected chi connectivity index (χ3v) is 6.70. The molecule has 1 saturated carbocycles. The van der Waals surface area contributed by atoms with E-state index in [-0.39, 0.29) is 29.9 Å². The third-order valence-electron chi connectivity index (χ3n) is 6.70. The zero-order chi connectivity index (χ0) is 25.0. The van der Waals surface area contributed by atoms with E-state index < -0.39 is 6.09 Å². The van der Waals surface area contributed by atoms with Crippen LogP contribution < -0.4 is 5.32 Å². The molecule has 1 atom stereocenters. The van der Waals surface area contributed by atoms with E-state index in [1.165, 1.54) is 4.90 Å². The first kappa shape index (κ1) is 27.3. The molecular formula is C26H38N4O4. The number of nitrogens with one attached hydrogen (secondary N) is 1. The van der Waals surface area contributed by atoms with Crippen LogP contribution in [-0.4, -0.2) is 55.6 Å². The van der Waals surface area contributed by atoms with Gasteiger partial charge in [0, 0.05) is 31.7 Å². The topological polar surface area (TPSA) is 104 Å². The van der Waals surface area contributed by atoms with Crippen molar-refractivity contribution in [3.63, 3.8) is 0 Å². The molecule has 1 aromatic rings. The average molecular weight is 471 g/mol. The first-order chi connectivity index (χ1) is 16.3. The molecule has 0 saturated heterocycles. The maximum atomic E-state index is 12.8. The molecule has 2 amide bonds. The minimum Gasteiger partial charge on any atom is -0.447 e. The number of amides is 2. The zero-order valence-corrected chi connectivity index (χ0v) is 20.9. The van der Waals surface area contributed by atoms with Crippen molar-refractivity contribution in [1.29, 1.82) is 5.26 Å². The quantitative estimate of drug-likeness (QED) is 0.169. The van der Waals surface area contributed by atoms with Crippen LogP contribution in [0.15, 0.2) is 35.3 Å². The van der Waals surface area contributed by atoms with Gasteiger partial charge < -0.3 is 9.47 Å². The van der Waals surface area contributed by atoms with E-state index in [9.17, 15) is 14.9 Å². The van der Waals surface area contributed by atoms with Gasteiger partial charge in [0.15, 0.2) is 6.19 Å². The summed E-state index contributed by atoms with van der Waals surface area (Å²) in [6.07, 6.45) is 6.56. The average Bonchev–Trinajstić information content (AvgIpc) is 3.34. The zero-order valence-electron chi connectivity index (χ0n) is 20.9. The molecule has 34 heavy (non-hydrogen) atoms. The third kappa shape index (κ3) is 8.45. The number of methoxy groups -OCH3 is 1. The molecule has 1 aliphatic rings. The van der Waals surface area contributed by atoms with Gasteiger partial charge in [-0.15, -0.1) is 0 Å². The normalized spacial score (nSPS) is 15.4. The molecule has 0 spiro atoms. The maximum absolute atomic E-state index is 12.8. The fourth-order valence-electron chi connectivity index (χ4n) is 3.99. The van der Waals surface area contributed by atoms with Crippen molar-refractivity contribution in [3.05, 3.63) is 35.9 Å². The second-order valence-corrected chi connectivity index (χ2v) is 9.50. The number of hydrogen-bond donors (Lipinski definition) is 1. The van der Waals surface area contributed by atoms with E-state index in [0.717, 1.165) is 31.2 Å². The molecule has 0 aliphatic heterocycles. The lowest BCUT2D eigenvalue weighted by Gasteiger charge is -2.32. The van der Waals surface area contributed by atoms with Gasteiger partial charge in [0.1, 0.15) is 12.4 Å². The summed E-state index contributed by atoms with van der Waals surface area (Å²) in [5.74, 6) is 0.419. The number of rotatable bonds is 11. The summed E-state index contributed by atoms with van der Waals surface area (Å²) < 4.78 is 10.0. The van der Waals surface area contributed by atoms with Crippen LogP contribution in [0.25, 0.3) is 0 Å². The second-order valence-electron chi connectivity index (χ2n) is 9.50. The molecule has 1 fully saturated rings. The van der Waals surface area contributed by atoms with Gasteiger partial charge in [-0.2, -0.15) is 5.26 Å². The molecule has 0 radical (unpaired) electrons. The van der Waals surface area contributed by atoms with Gasteiger partial charge in [0.2, 0.25) is 5.91 Å². The lowest BCUT2D eigenvalue weighted by Crippen LogP contribution is -2.37. The highest BCUT2D eigenvalue weighted by Crippen LogP contribution is 2.34. The van der Waals surface area contributed by atoms with Gasteiger partial charge in [-0.3, -0.25) is 15.1 Å².